The summed E-state index contributed by atoms with van der Waals surface area (Å²) in [6.07, 6.45) is -0.779. The number of Topliss-reactive ketones (excluding diaryl/α,β-unsaturated/α-hetero) is 1. The molecule has 0 radical (unpaired) electrons. The van der Waals surface area contributed by atoms with Crippen molar-refractivity contribution >= 4 is 17.8 Å². The van der Waals surface area contributed by atoms with Gasteiger partial charge in [-0.2, -0.15) is 0 Å². The van der Waals surface area contributed by atoms with Crippen LogP contribution in [-0.4, -0.2) is 30.1 Å². The third-order valence-electron chi connectivity index (χ3n) is 2.53. The second kappa shape index (κ2) is 7.59. The number of nitrogens with one attached hydrogen (secondary N) is 1. The first-order valence-electron chi connectivity index (χ1n) is 7.00. The van der Waals surface area contributed by atoms with Gasteiger partial charge in [0.05, 0.1) is 6.61 Å². The maximum atomic E-state index is 12.2. The number of alkyl carbamates (subject to hydrolysis) is 1. The number of amides is 1. The molecule has 6 heteroatoms. The van der Waals surface area contributed by atoms with Crippen molar-refractivity contribution in [2.45, 2.75) is 39.3 Å². The van der Waals surface area contributed by atoms with E-state index in [9.17, 15) is 14.4 Å². The van der Waals surface area contributed by atoms with Gasteiger partial charge in [-0.25, -0.2) is 9.59 Å². The molecule has 1 aromatic carbocycles. The first-order valence-corrected chi connectivity index (χ1v) is 7.00. The Bertz CT molecular complexity index is 533. The molecule has 0 bridgehead atoms. The number of carbonyl (C=O) groups excluding carboxylic acids is 3. The number of hydrogen-bond acceptors (Lipinski definition) is 5. The predicted octanol–water partition coefficient (Wildman–Crippen LogP) is 2.38. The fraction of sp³-hybridized carbons (Fsp3) is 0.438. The number of hydrogen-bond donors (Lipinski definition) is 1. The molecule has 0 aliphatic carbocycles. The van der Waals surface area contributed by atoms with Crippen molar-refractivity contribution in [3.05, 3.63) is 35.9 Å². The SMILES string of the molecule is CCOC(=O)C(=O)C(NC(=O)OC(C)(C)C)c1ccccc1. The van der Waals surface area contributed by atoms with Crippen LogP contribution in [0, 0.1) is 0 Å². The average molecular weight is 307 g/mol. The lowest BCUT2D eigenvalue weighted by Gasteiger charge is -2.22. The van der Waals surface area contributed by atoms with Gasteiger partial charge < -0.3 is 14.8 Å². The molecule has 0 aliphatic heterocycles. The van der Waals surface area contributed by atoms with Crippen LogP contribution in [0.5, 0.6) is 0 Å². The third-order valence-corrected chi connectivity index (χ3v) is 2.53. The van der Waals surface area contributed by atoms with Crippen molar-refractivity contribution in [1.29, 1.82) is 0 Å². The summed E-state index contributed by atoms with van der Waals surface area (Å²) >= 11 is 0. The maximum Gasteiger partial charge on any atom is 0.408 e. The molecule has 1 rings (SSSR count). The van der Waals surface area contributed by atoms with E-state index in [2.05, 4.69) is 5.32 Å². The molecular formula is C16H21NO5. The van der Waals surface area contributed by atoms with Gasteiger partial charge in [0.25, 0.3) is 5.78 Å². The Labute approximate surface area is 129 Å². The van der Waals surface area contributed by atoms with Crippen LogP contribution in [0.3, 0.4) is 0 Å². The van der Waals surface area contributed by atoms with E-state index in [4.69, 9.17) is 9.47 Å². The van der Waals surface area contributed by atoms with Gasteiger partial charge in [0.2, 0.25) is 0 Å². The lowest BCUT2D eigenvalue weighted by atomic mass is 10.0. The number of carbonyl (C=O) groups is 3. The van der Waals surface area contributed by atoms with Crippen LogP contribution >= 0.6 is 0 Å². The minimum Gasteiger partial charge on any atom is -0.460 e. The molecule has 1 atom stereocenters. The van der Waals surface area contributed by atoms with Crippen molar-refractivity contribution in [2.24, 2.45) is 0 Å². The minimum absolute atomic E-state index is 0.0819. The second-order valence-electron chi connectivity index (χ2n) is 5.57. The highest BCUT2D eigenvalue weighted by Crippen LogP contribution is 2.16. The first kappa shape index (κ1) is 17.7. The molecular weight excluding hydrogens is 286 g/mol. The zero-order chi connectivity index (χ0) is 16.8. The minimum atomic E-state index is -1.14. The standard InChI is InChI=1S/C16H21NO5/c1-5-21-14(19)13(18)12(11-9-7-6-8-10-11)17-15(20)22-16(2,3)4/h6-10,12H,5H2,1-4H3,(H,17,20). The van der Waals surface area contributed by atoms with Gasteiger partial charge in [-0.05, 0) is 33.3 Å². The summed E-state index contributed by atoms with van der Waals surface area (Å²) in [4.78, 5) is 35.7. The molecule has 22 heavy (non-hydrogen) atoms. The smallest absolute Gasteiger partial charge is 0.408 e. The highest BCUT2D eigenvalue weighted by atomic mass is 16.6. The molecule has 0 saturated carbocycles. The van der Waals surface area contributed by atoms with Crippen LogP contribution in [0.25, 0.3) is 0 Å². The van der Waals surface area contributed by atoms with E-state index in [0.29, 0.717) is 5.56 Å². The molecule has 0 heterocycles. The fourth-order valence-corrected chi connectivity index (χ4v) is 1.69. The quantitative estimate of drug-likeness (QED) is 0.667. The second-order valence-corrected chi connectivity index (χ2v) is 5.57. The van der Waals surface area contributed by atoms with E-state index < -0.39 is 29.5 Å². The van der Waals surface area contributed by atoms with E-state index in [-0.39, 0.29) is 6.61 Å². The normalized spacial score (nSPS) is 12.2. The first-order chi connectivity index (χ1) is 10.2. The van der Waals surface area contributed by atoms with E-state index in [1.165, 1.54) is 0 Å². The Morgan fingerprint density at radius 1 is 1.14 bits per heavy atom. The number of ketones is 1. The topological polar surface area (TPSA) is 81.7 Å². The zero-order valence-electron chi connectivity index (χ0n) is 13.2. The number of esters is 1. The molecule has 0 spiro atoms. The van der Waals surface area contributed by atoms with Crippen LogP contribution in [0.15, 0.2) is 30.3 Å². The Kier molecular flexibility index (Phi) is 6.10. The van der Waals surface area contributed by atoms with Gasteiger partial charge in [-0.15, -0.1) is 0 Å². The molecule has 1 amide bonds. The van der Waals surface area contributed by atoms with E-state index in [1.54, 1.807) is 58.0 Å². The van der Waals surface area contributed by atoms with Crippen LogP contribution in [0.2, 0.25) is 0 Å². The Morgan fingerprint density at radius 3 is 2.23 bits per heavy atom. The molecule has 1 aromatic rings. The van der Waals surface area contributed by atoms with E-state index >= 15 is 0 Å². The summed E-state index contributed by atoms with van der Waals surface area (Å²) < 4.78 is 9.83. The molecule has 0 saturated heterocycles. The highest BCUT2D eigenvalue weighted by Gasteiger charge is 2.31. The number of rotatable bonds is 5. The molecule has 1 unspecified atom stereocenters. The summed E-state index contributed by atoms with van der Waals surface area (Å²) in [5.74, 6) is -1.84. The lowest BCUT2D eigenvalue weighted by molar-refractivity contribution is -0.154. The monoisotopic (exact) mass is 307 g/mol. The summed E-state index contributed by atoms with van der Waals surface area (Å²) in [5.41, 5.74) is -0.232. The maximum absolute atomic E-state index is 12.2. The van der Waals surface area contributed by atoms with Crippen molar-refractivity contribution < 1.29 is 23.9 Å². The summed E-state index contributed by atoms with van der Waals surface area (Å²) in [5, 5.41) is 2.42. The Hall–Kier alpha value is -2.37. The van der Waals surface area contributed by atoms with Gasteiger partial charge in [0.15, 0.2) is 0 Å². The molecule has 6 nitrogen and oxygen atoms in total. The van der Waals surface area contributed by atoms with Gasteiger partial charge in [-0.1, -0.05) is 30.3 Å². The molecule has 0 aliphatic rings. The third kappa shape index (κ3) is 5.55. The fourth-order valence-electron chi connectivity index (χ4n) is 1.69. The largest absolute Gasteiger partial charge is 0.460 e. The van der Waals surface area contributed by atoms with Crippen LogP contribution in [-0.2, 0) is 19.1 Å². The van der Waals surface area contributed by atoms with Gasteiger partial charge in [0.1, 0.15) is 11.6 Å². The van der Waals surface area contributed by atoms with Gasteiger partial charge in [0, 0.05) is 0 Å². The summed E-state index contributed by atoms with van der Waals surface area (Å²) in [6.45, 7) is 6.80. The van der Waals surface area contributed by atoms with Crippen molar-refractivity contribution in [3.63, 3.8) is 0 Å². The molecule has 1 N–H and O–H groups in total. The highest BCUT2D eigenvalue weighted by molar-refractivity contribution is 6.36. The van der Waals surface area contributed by atoms with Gasteiger partial charge in [-0.3, -0.25) is 4.79 Å². The summed E-state index contributed by atoms with van der Waals surface area (Å²) in [7, 11) is 0. The van der Waals surface area contributed by atoms with Crippen LogP contribution in [0.1, 0.15) is 39.3 Å². The predicted molar refractivity (Wildman–Crippen MR) is 80.2 cm³/mol. The molecule has 120 valence electrons. The molecule has 0 fully saturated rings. The van der Waals surface area contributed by atoms with Crippen molar-refractivity contribution in [3.8, 4) is 0 Å². The number of benzene rings is 1. The van der Waals surface area contributed by atoms with Crippen LogP contribution in [0.4, 0.5) is 4.79 Å². The average Bonchev–Trinajstić information content (AvgIpc) is 2.43. The van der Waals surface area contributed by atoms with Crippen LogP contribution < -0.4 is 5.32 Å². The Morgan fingerprint density at radius 2 is 1.73 bits per heavy atom. The Balaban J connectivity index is 2.95. The number of ether oxygens (including phenoxy) is 2. The molecule has 0 aromatic heterocycles. The van der Waals surface area contributed by atoms with Gasteiger partial charge >= 0.3 is 12.1 Å². The van der Waals surface area contributed by atoms with Crippen molar-refractivity contribution in [1.82, 2.24) is 5.32 Å². The zero-order valence-corrected chi connectivity index (χ0v) is 13.2. The van der Waals surface area contributed by atoms with Crippen molar-refractivity contribution in [2.75, 3.05) is 6.61 Å². The lowest BCUT2D eigenvalue weighted by Crippen LogP contribution is -2.40. The van der Waals surface area contributed by atoms with E-state index in [1.807, 2.05) is 0 Å². The summed E-state index contributed by atoms with van der Waals surface area (Å²) in [6, 6.07) is 7.31. The van der Waals surface area contributed by atoms with E-state index in [0.717, 1.165) is 0 Å².